The lowest BCUT2D eigenvalue weighted by Crippen LogP contribution is -2.51. The predicted molar refractivity (Wildman–Crippen MR) is 122 cm³/mol. The van der Waals surface area contributed by atoms with Crippen molar-refractivity contribution in [2.45, 2.75) is 38.5 Å². The van der Waals surface area contributed by atoms with Crippen molar-refractivity contribution in [3.05, 3.63) is 59.9 Å². The van der Waals surface area contributed by atoms with E-state index < -0.39 is 6.03 Å². The summed E-state index contributed by atoms with van der Waals surface area (Å²) < 4.78 is 7.07. The summed E-state index contributed by atoms with van der Waals surface area (Å²) in [6.45, 7) is 3.79. The van der Waals surface area contributed by atoms with Crippen molar-refractivity contribution in [2.24, 2.45) is 11.1 Å². The summed E-state index contributed by atoms with van der Waals surface area (Å²) in [5.41, 5.74) is 10.3. The lowest BCUT2D eigenvalue weighted by atomic mass is 9.77. The Morgan fingerprint density at radius 3 is 2.42 bits per heavy atom. The van der Waals surface area contributed by atoms with E-state index in [9.17, 15) is 4.79 Å². The molecule has 5 rings (SSSR count). The molecule has 1 aromatic heterocycles. The molecule has 2 aliphatic rings. The van der Waals surface area contributed by atoms with Gasteiger partial charge in [0.05, 0.1) is 24.4 Å². The number of primary amides is 1. The maximum Gasteiger partial charge on any atom is 0.324 e. The molecule has 2 saturated heterocycles. The van der Waals surface area contributed by atoms with Crippen molar-refractivity contribution < 1.29 is 9.53 Å². The van der Waals surface area contributed by atoms with Gasteiger partial charge < -0.3 is 15.4 Å². The highest BCUT2D eigenvalue weighted by atomic mass is 16.5. The van der Waals surface area contributed by atoms with Gasteiger partial charge in [0.15, 0.2) is 0 Å². The number of ether oxygens (including phenoxy) is 1. The van der Waals surface area contributed by atoms with E-state index >= 15 is 0 Å². The number of carbonyl (C=O) groups is 1. The summed E-state index contributed by atoms with van der Waals surface area (Å²) >= 11 is 0. The second-order valence-electron chi connectivity index (χ2n) is 9.02. The highest BCUT2D eigenvalue weighted by Crippen LogP contribution is 2.40. The van der Waals surface area contributed by atoms with Gasteiger partial charge in [0.25, 0.3) is 0 Å². The van der Waals surface area contributed by atoms with Crippen molar-refractivity contribution in [1.82, 2.24) is 9.55 Å². The molecule has 3 aromatic rings. The summed E-state index contributed by atoms with van der Waals surface area (Å²) in [5.74, 6) is 0.767. The van der Waals surface area contributed by atoms with Crippen LogP contribution in [0.4, 0.5) is 10.5 Å². The van der Waals surface area contributed by atoms with Crippen LogP contribution < -0.4 is 10.6 Å². The second kappa shape index (κ2) is 8.35. The number of amides is 1. The van der Waals surface area contributed by atoms with Crippen molar-refractivity contribution in [1.29, 1.82) is 0 Å². The van der Waals surface area contributed by atoms with E-state index in [2.05, 4.69) is 35.2 Å². The van der Waals surface area contributed by atoms with E-state index in [1.54, 1.807) is 4.57 Å². The Kier molecular flexibility index (Phi) is 5.40. The van der Waals surface area contributed by atoms with Crippen molar-refractivity contribution in [3.63, 3.8) is 0 Å². The first-order valence-electron chi connectivity index (χ1n) is 11.3. The van der Waals surface area contributed by atoms with Gasteiger partial charge in [0.2, 0.25) is 0 Å². The zero-order valence-corrected chi connectivity index (χ0v) is 17.9. The normalized spacial score (nSPS) is 17.7. The summed E-state index contributed by atoms with van der Waals surface area (Å²) in [4.78, 5) is 19.6. The molecule has 2 fully saturated rings. The SMILES string of the molecule is NC(=O)n1c(CCCCc2ccccc2)nc2c(N3CCC4(CC3)COC4)cccc21. The quantitative estimate of drug-likeness (QED) is 0.611. The van der Waals surface area contributed by atoms with Gasteiger partial charge in [0, 0.05) is 24.9 Å². The topological polar surface area (TPSA) is 73.4 Å². The number of rotatable bonds is 6. The molecule has 6 nitrogen and oxygen atoms in total. The minimum absolute atomic E-state index is 0.390. The Labute approximate surface area is 183 Å². The van der Waals surface area contributed by atoms with Crippen LogP contribution in [-0.4, -0.2) is 41.9 Å². The zero-order valence-electron chi connectivity index (χ0n) is 17.9. The fourth-order valence-corrected chi connectivity index (χ4v) is 4.96. The number of para-hydroxylation sites is 1. The summed E-state index contributed by atoms with van der Waals surface area (Å²) in [7, 11) is 0. The first-order chi connectivity index (χ1) is 15.2. The lowest BCUT2D eigenvalue weighted by Gasteiger charge is -2.47. The zero-order chi connectivity index (χ0) is 21.3. The molecule has 162 valence electrons. The van der Waals surface area contributed by atoms with Gasteiger partial charge in [-0.3, -0.25) is 0 Å². The third kappa shape index (κ3) is 3.92. The summed E-state index contributed by atoms with van der Waals surface area (Å²) in [6.07, 6.45) is 6.08. The van der Waals surface area contributed by atoms with Crippen molar-refractivity contribution >= 4 is 22.8 Å². The Morgan fingerprint density at radius 1 is 1.00 bits per heavy atom. The number of nitrogens with two attached hydrogens (primary N) is 1. The van der Waals surface area contributed by atoms with E-state index in [1.165, 1.54) is 5.56 Å². The Morgan fingerprint density at radius 2 is 1.74 bits per heavy atom. The Bertz CT molecular complexity index is 1060. The average Bonchev–Trinajstić information content (AvgIpc) is 3.15. The van der Waals surface area contributed by atoms with Crippen molar-refractivity contribution in [2.75, 3.05) is 31.2 Å². The standard InChI is InChI=1S/C25H30N4O2/c26-24(30)29-21-11-6-10-20(28-15-13-25(14-16-28)17-31-18-25)23(21)27-22(29)12-5-4-9-19-7-2-1-3-8-19/h1-3,6-8,10-11H,4-5,9,12-18H2,(H2,26,30). The maximum atomic E-state index is 12.3. The fraction of sp³-hybridized carbons (Fsp3) is 0.440. The number of nitrogens with zero attached hydrogens (tertiary/aromatic N) is 3. The Balaban J connectivity index is 1.34. The molecule has 0 aliphatic carbocycles. The number of hydrogen-bond donors (Lipinski definition) is 1. The summed E-state index contributed by atoms with van der Waals surface area (Å²) in [6, 6.07) is 16.1. The van der Waals surface area contributed by atoms with E-state index in [4.69, 9.17) is 15.5 Å². The third-order valence-electron chi connectivity index (χ3n) is 6.89. The molecule has 2 aliphatic heterocycles. The van der Waals surface area contributed by atoms with E-state index in [0.717, 1.165) is 87.4 Å². The number of imidazole rings is 1. The van der Waals surface area contributed by atoms with E-state index in [0.29, 0.717) is 5.41 Å². The molecule has 0 atom stereocenters. The minimum Gasteiger partial charge on any atom is -0.380 e. The van der Waals surface area contributed by atoms with Crippen LogP contribution >= 0.6 is 0 Å². The molecule has 3 heterocycles. The number of hydrogen-bond acceptors (Lipinski definition) is 4. The molecule has 0 radical (unpaired) electrons. The molecule has 0 bridgehead atoms. The number of aromatic nitrogens is 2. The number of anilines is 1. The smallest absolute Gasteiger partial charge is 0.324 e. The molecule has 6 heteroatoms. The van der Waals surface area contributed by atoms with Crippen LogP contribution in [0, 0.1) is 5.41 Å². The number of aryl methyl sites for hydroxylation is 2. The maximum absolute atomic E-state index is 12.3. The highest BCUT2D eigenvalue weighted by Gasteiger charge is 2.41. The van der Waals surface area contributed by atoms with Crippen LogP contribution in [0.2, 0.25) is 0 Å². The molecule has 1 amide bonds. The van der Waals surface area contributed by atoms with Crippen LogP contribution in [0.15, 0.2) is 48.5 Å². The van der Waals surface area contributed by atoms with E-state index in [1.807, 2.05) is 18.2 Å². The van der Waals surface area contributed by atoms with Gasteiger partial charge in [-0.05, 0) is 49.8 Å². The minimum atomic E-state index is -0.457. The Hall–Kier alpha value is -2.86. The highest BCUT2D eigenvalue weighted by molar-refractivity contribution is 5.95. The fourth-order valence-electron chi connectivity index (χ4n) is 4.96. The van der Waals surface area contributed by atoms with Gasteiger partial charge >= 0.3 is 6.03 Å². The number of benzene rings is 2. The molecule has 31 heavy (non-hydrogen) atoms. The van der Waals surface area contributed by atoms with Crippen LogP contribution in [0.5, 0.6) is 0 Å². The second-order valence-corrected chi connectivity index (χ2v) is 9.02. The number of unbranched alkanes of at least 4 members (excludes halogenated alkanes) is 1. The molecule has 0 saturated carbocycles. The first-order valence-corrected chi connectivity index (χ1v) is 11.3. The van der Waals surface area contributed by atoms with Gasteiger partial charge in [-0.25, -0.2) is 14.3 Å². The molecular weight excluding hydrogens is 388 g/mol. The van der Waals surface area contributed by atoms with Gasteiger partial charge in [0.1, 0.15) is 11.3 Å². The average molecular weight is 419 g/mol. The molecule has 1 spiro atoms. The van der Waals surface area contributed by atoms with E-state index in [-0.39, 0.29) is 0 Å². The van der Waals surface area contributed by atoms with Crippen LogP contribution in [-0.2, 0) is 17.6 Å². The third-order valence-corrected chi connectivity index (χ3v) is 6.89. The largest absolute Gasteiger partial charge is 0.380 e. The van der Waals surface area contributed by atoms with Gasteiger partial charge in [-0.15, -0.1) is 0 Å². The molecular formula is C25H30N4O2. The van der Waals surface area contributed by atoms with Crippen LogP contribution in [0.3, 0.4) is 0 Å². The van der Waals surface area contributed by atoms with Crippen LogP contribution in [0.1, 0.15) is 37.1 Å². The summed E-state index contributed by atoms with van der Waals surface area (Å²) in [5, 5.41) is 0. The van der Waals surface area contributed by atoms with Gasteiger partial charge in [-0.1, -0.05) is 36.4 Å². The van der Waals surface area contributed by atoms with Crippen LogP contribution in [0.25, 0.3) is 11.0 Å². The predicted octanol–water partition coefficient (Wildman–Crippen LogP) is 4.15. The lowest BCUT2D eigenvalue weighted by molar-refractivity contribution is -0.124. The molecule has 0 unspecified atom stereocenters. The first kappa shape index (κ1) is 20.1. The number of fused-ring (bicyclic) bond motifs is 1. The van der Waals surface area contributed by atoms with Crippen molar-refractivity contribution in [3.8, 4) is 0 Å². The molecule has 2 N–H and O–H groups in total. The molecule has 2 aromatic carbocycles. The monoisotopic (exact) mass is 418 g/mol. The number of carbonyl (C=O) groups excluding carboxylic acids is 1. The number of piperidine rings is 1. The van der Waals surface area contributed by atoms with Gasteiger partial charge in [-0.2, -0.15) is 0 Å².